The van der Waals surface area contributed by atoms with E-state index in [0.29, 0.717) is 30.6 Å². The van der Waals surface area contributed by atoms with Crippen molar-refractivity contribution in [1.29, 1.82) is 0 Å². The molecule has 3 aromatic rings. The molecule has 1 aliphatic rings. The van der Waals surface area contributed by atoms with Crippen LogP contribution in [-0.4, -0.2) is 23.2 Å². The normalized spacial score (nSPS) is 18.1. The van der Waals surface area contributed by atoms with Crippen molar-refractivity contribution in [2.45, 2.75) is 37.6 Å². The highest BCUT2D eigenvalue weighted by molar-refractivity contribution is 5.91. The molecule has 1 saturated carbocycles. The molecule has 0 unspecified atom stereocenters. The average molecular weight is 390 g/mol. The van der Waals surface area contributed by atoms with Gasteiger partial charge in [-0.15, -0.1) is 0 Å². The predicted octanol–water partition coefficient (Wildman–Crippen LogP) is 3.72. The lowest BCUT2D eigenvalue weighted by atomic mass is 9.70. The lowest BCUT2D eigenvalue weighted by Gasteiger charge is -2.34. The topological polar surface area (TPSA) is 93.0 Å². The number of aromatic amines is 1. The molecule has 1 amide bonds. The fraction of sp³-hybridized carbons (Fsp3) is 0.304. The maximum Gasteiger partial charge on any atom is 0.229 e. The summed E-state index contributed by atoms with van der Waals surface area (Å²) >= 11 is 0. The van der Waals surface area contributed by atoms with Crippen LogP contribution in [0.15, 0.2) is 54.6 Å². The zero-order valence-corrected chi connectivity index (χ0v) is 16.5. The summed E-state index contributed by atoms with van der Waals surface area (Å²) in [5.74, 6) is 2.32. The Morgan fingerprint density at radius 1 is 1.14 bits per heavy atom. The summed E-state index contributed by atoms with van der Waals surface area (Å²) in [4.78, 5) is 12.3. The van der Waals surface area contributed by atoms with Crippen molar-refractivity contribution in [3.05, 3.63) is 77.0 Å². The van der Waals surface area contributed by atoms with Crippen LogP contribution in [-0.2, 0) is 17.8 Å². The number of nitrogens with one attached hydrogen (secondary N) is 2. The van der Waals surface area contributed by atoms with Gasteiger partial charge in [0.1, 0.15) is 11.6 Å². The van der Waals surface area contributed by atoms with Gasteiger partial charge in [0, 0.05) is 18.5 Å². The number of anilines is 1. The number of methoxy groups -OCH3 is 1. The predicted molar refractivity (Wildman–Crippen MR) is 113 cm³/mol. The number of carbonyl (C=O) groups is 1. The molecule has 1 aromatic heterocycles. The Hall–Kier alpha value is -3.12. The number of nitrogens with zero attached hydrogens (tertiary/aromatic N) is 1. The SMILES string of the molecule is COc1ccc(CC(=O)Nc2cc([C@H]3C[C@@H](c4cccc(CN)c4)C3)n[nH]2)cc1. The lowest BCUT2D eigenvalue weighted by molar-refractivity contribution is -0.115. The smallest absolute Gasteiger partial charge is 0.229 e. The number of amides is 1. The second kappa shape index (κ2) is 8.49. The maximum absolute atomic E-state index is 12.3. The molecule has 4 N–H and O–H groups in total. The largest absolute Gasteiger partial charge is 0.497 e. The summed E-state index contributed by atoms with van der Waals surface area (Å²) in [5, 5.41) is 10.2. The van der Waals surface area contributed by atoms with Crippen molar-refractivity contribution in [3.63, 3.8) is 0 Å². The molecule has 1 fully saturated rings. The molecular formula is C23H26N4O2. The van der Waals surface area contributed by atoms with E-state index < -0.39 is 0 Å². The minimum Gasteiger partial charge on any atom is -0.497 e. The molecule has 1 heterocycles. The number of aromatic nitrogens is 2. The molecule has 0 atom stereocenters. The van der Waals surface area contributed by atoms with Crippen molar-refractivity contribution in [2.24, 2.45) is 5.73 Å². The summed E-state index contributed by atoms with van der Waals surface area (Å²) in [6.45, 7) is 0.572. The summed E-state index contributed by atoms with van der Waals surface area (Å²) in [6, 6.07) is 18.0. The van der Waals surface area contributed by atoms with E-state index in [1.54, 1.807) is 7.11 Å². The molecule has 0 radical (unpaired) electrons. The third kappa shape index (κ3) is 4.49. The van der Waals surface area contributed by atoms with E-state index >= 15 is 0 Å². The molecule has 6 heteroatoms. The number of hydrogen-bond acceptors (Lipinski definition) is 4. The number of nitrogens with two attached hydrogens (primary N) is 1. The molecule has 2 aromatic carbocycles. The number of benzene rings is 2. The van der Waals surface area contributed by atoms with Crippen LogP contribution in [0.4, 0.5) is 5.82 Å². The monoisotopic (exact) mass is 390 g/mol. The first-order valence-electron chi connectivity index (χ1n) is 9.91. The summed E-state index contributed by atoms with van der Waals surface area (Å²) in [5.41, 5.74) is 10.2. The lowest BCUT2D eigenvalue weighted by Crippen LogP contribution is -2.20. The van der Waals surface area contributed by atoms with E-state index in [0.717, 1.165) is 29.8 Å². The number of carbonyl (C=O) groups excluding carboxylic acids is 1. The van der Waals surface area contributed by atoms with Crippen LogP contribution in [0.5, 0.6) is 5.75 Å². The Balaban J connectivity index is 1.30. The van der Waals surface area contributed by atoms with Gasteiger partial charge in [-0.1, -0.05) is 36.4 Å². The highest BCUT2D eigenvalue weighted by Gasteiger charge is 2.33. The van der Waals surface area contributed by atoms with E-state index in [1.807, 2.05) is 30.3 Å². The van der Waals surface area contributed by atoms with Crippen LogP contribution < -0.4 is 15.8 Å². The first-order chi connectivity index (χ1) is 14.1. The second-order valence-electron chi connectivity index (χ2n) is 7.59. The summed E-state index contributed by atoms with van der Waals surface area (Å²) in [7, 11) is 1.62. The molecule has 150 valence electrons. The second-order valence-corrected chi connectivity index (χ2v) is 7.59. The quantitative estimate of drug-likeness (QED) is 0.573. The molecule has 4 rings (SSSR count). The fourth-order valence-corrected chi connectivity index (χ4v) is 3.84. The Kier molecular flexibility index (Phi) is 5.62. The van der Waals surface area contributed by atoms with Crippen molar-refractivity contribution < 1.29 is 9.53 Å². The zero-order valence-electron chi connectivity index (χ0n) is 16.5. The van der Waals surface area contributed by atoms with Gasteiger partial charge in [0.05, 0.1) is 19.2 Å². The van der Waals surface area contributed by atoms with Gasteiger partial charge < -0.3 is 15.8 Å². The van der Waals surface area contributed by atoms with Crippen LogP contribution in [0, 0.1) is 0 Å². The van der Waals surface area contributed by atoms with Crippen molar-refractivity contribution in [1.82, 2.24) is 10.2 Å². The van der Waals surface area contributed by atoms with Crippen LogP contribution in [0.3, 0.4) is 0 Å². The molecule has 29 heavy (non-hydrogen) atoms. The van der Waals surface area contributed by atoms with Gasteiger partial charge in [0.15, 0.2) is 0 Å². The number of hydrogen-bond donors (Lipinski definition) is 3. The average Bonchev–Trinajstić information content (AvgIpc) is 3.15. The zero-order chi connectivity index (χ0) is 20.2. The molecule has 1 aliphatic carbocycles. The van der Waals surface area contributed by atoms with E-state index in [2.05, 4.69) is 39.8 Å². The minimum absolute atomic E-state index is 0.0737. The molecule has 0 aliphatic heterocycles. The highest BCUT2D eigenvalue weighted by atomic mass is 16.5. The summed E-state index contributed by atoms with van der Waals surface area (Å²) in [6.07, 6.45) is 2.44. The van der Waals surface area contributed by atoms with Gasteiger partial charge in [-0.05, 0) is 47.6 Å². The fourth-order valence-electron chi connectivity index (χ4n) is 3.84. The molecule has 0 saturated heterocycles. The molecule has 0 bridgehead atoms. The number of H-pyrrole nitrogens is 1. The number of rotatable bonds is 7. The van der Waals surface area contributed by atoms with Crippen LogP contribution in [0.25, 0.3) is 0 Å². The Morgan fingerprint density at radius 3 is 2.66 bits per heavy atom. The van der Waals surface area contributed by atoms with Crippen molar-refractivity contribution in [3.8, 4) is 5.75 Å². The van der Waals surface area contributed by atoms with Crippen LogP contribution in [0.2, 0.25) is 0 Å². The highest BCUT2D eigenvalue weighted by Crippen LogP contribution is 2.47. The first-order valence-corrected chi connectivity index (χ1v) is 9.91. The van der Waals surface area contributed by atoms with E-state index in [-0.39, 0.29) is 5.91 Å². The summed E-state index contributed by atoms with van der Waals surface area (Å²) < 4.78 is 5.14. The van der Waals surface area contributed by atoms with Crippen molar-refractivity contribution >= 4 is 11.7 Å². The van der Waals surface area contributed by atoms with Crippen LogP contribution >= 0.6 is 0 Å². The Labute approximate surface area is 170 Å². The van der Waals surface area contributed by atoms with Gasteiger partial charge >= 0.3 is 0 Å². The van der Waals surface area contributed by atoms with Gasteiger partial charge in [-0.3, -0.25) is 9.89 Å². The molecule has 6 nitrogen and oxygen atoms in total. The van der Waals surface area contributed by atoms with Gasteiger partial charge in [-0.2, -0.15) is 5.10 Å². The van der Waals surface area contributed by atoms with E-state index in [1.165, 1.54) is 11.1 Å². The van der Waals surface area contributed by atoms with Gasteiger partial charge in [0.25, 0.3) is 0 Å². The van der Waals surface area contributed by atoms with E-state index in [9.17, 15) is 4.79 Å². The van der Waals surface area contributed by atoms with Crippen molar-refractivity contribution in [2.75, 3.05) is 12.4 Å². The van der Waals surface area contributed by atoms with Gasteiger partial charge in [-0.25, -0.2) is 0 Å². The Morgan fingerprint density at radius 2 is 1.93 bits per heavy atom. The molecule has 0 spiro atoms. The van der Waals surface area contributed by atoms with Crippen LogP contribution in [0.1, 0.15) is 47.1 Å². The van der Waals surface area contributed by atoms with E-state index in [4.69, 9.17) is 10.5 Å². The first kappa shape index (κ1) is 19.2. The molecular weight excluding hydrogens is 364 g/mol. The minimum atomic E-state index is -0.0737. The standard InChI is InChI=1S/C23H26N4O2/c1-29-20-7-5-15(6-8-20)10-23(28)25-22-13-21(26-27-22)19-11-18(12-19)17-4-2-3-16(9-17)14-24/h2-9,13,18-19H,10-12,14,24H2,1H3,(H2,25,26,27,28)/t18-,19+. The Bertz CT molecular complexity index is 975. The van der Waals surface area contributed by atoms with Gasteiger partial charge in [0.2, 0.25) is 5.91 Å². The number of ether oxygens (including phenoxy) is 1. The third-order valence-electron chi connectivity index (χ3n) is 5.61. The third-order valence-corrected chi connectivity index (χ3v) is 5.61. The maximum atomic E-state index is 12.3.